The van der Waals surface area contributed by atoms with E-state index in [4.69, 9.17) is 4.52 Å². The van der Waals surface area contributed by atoms with Crippen molar-refractivity contribution in [3.63, 3.8) is 0 Å². The largest absolute Gasteiger partial charge is 0.360 e. The first kappa shape index (κ1) is 17.5. The maximum atomic E-state index is 13.1. The summed E-state index contributed by atoms with van der Waals surface area (Å²) in [4.78, 5) is 19.2. The molecule has 0 spiro atoms. The molecule has 3 aromatic rings. The zero-order valence-corrected chi connectivity index (χ0v) is 15.5. The number of aromatic nitrogens is 2. The van der Waals surface area contributed by atoms with Crippen LogP contribution in [0.2, 0.25) is 0 Å². The number of hydrogen-bond donors (Lipinski definition) is 0. The summed E-state index contributed by atoms with van der Waals surface area (Å²) >= 11 is 0. The number of nitrogens with zero attached hydrogens (tertiary/aromatic N) is 3. The van der Waals surface area contributed by atoms with Crippen LogP contribution in [0.25, 0.3) is 11.3 Å². The number of amides is 1. The summed E-state index contributed by atoms with van der Waals surface area (Å²) in [5.41, 5.74) is 3.31. The van der Waals surface area contributed by atoms with E-state index in [2.05, 4.69) is 34.4 Å². The van der Waals surface area contributed by atoms with E-state index in [0.29, 0.717) is 22.9 Å². The standard InChI is InChI=1S/C22H23N3O2/c1-16-20(21(24-27-16)19-8-5-11-23-15-19)22(26)25-12-9-18(10-13-25)14-17-6-3-2-4-7-17/h2-8,11,15,18H,9-10,12-14H2,1H3. The Balaban J connectivity index is 1.45. The summed E-state index contributed by atoms with van der Waals surface area (Å²) in [5, 5.41) is 4.11. The number of aryl methyl sites for hydroxylation is 1. The van der Waals surface area contributed by atoms with Gasteiger partial charge in [0.25, 0.3) is 5.91 Å². The second-order valence-corrected chi connectivity index (χ2v) is 7.13. The average molecular weight is 361 g/mol. The van der Waals surface area contributed by atoms with Gasteiger partial charge < -0.3 is 9.42 Å². The fourth-order valence-electron chi connectivity index (χ4n) is 3.77. The normalized spacial score (nSPS) is 15.1. The Labute approximate surface area is 159 Å². The third kappa shape index (κ3) is 3.77. The number of hydrogen-bond acceptors (Lipinski definition) is 4. The molecule has 1 amide bonds. The Kier molecular flexibility index (Phi) is 5.01. The van der Waals surface area contributed by atoms with Gasteiger partial charge in [-0.25, -0.2) is 0 Å². The van der Waals surface area contributed by atoms with E-state index in [9.17, 15) is 4.79 Å². The van der Waals surface area contributed by atoms with Crippen LogP contribution in [0.3, 0.4) is 0 Å². The van der Waals surface area contributed by atoms with Gasteiger partial charge in [0.15, 0.2) is 0 Å². The summed E-state index contributed by atoms with van der Waals surface area (Å²) < 4.78 is 5.34. The second kappa shape index (κ2) is 7.74. The molecule has 0 saturated carbocycles. The van der Waals surface area contributed by atoms with Crippen molar-refractivity contribution in [1.82, 2.24) is 15.0 Å². The minimum absolute atomic E-state index is 0.00534. The molecule has 1 aliphatic heterocycles. The molecule has 1 aliphatic rings. The zero-order valence-electron chi connectivity index (χ0n) is 15.5. The fraction of sp³-hybridized carbons (Fsp3) is 0.318. The predicted molar refractivity (Wildman–Crippen MR) is 103 cm³/mol. The Bertz CT molecular complexity index is 898. The fourth-order valence-corrected chi connectivity index (χ4v) is 3.77. The van der Waals surface area contributed by atoms with E-state index >= 15 is 0 Å². The van der Waals surface area contributed by atoms with Crippen LogP contribution in [0.1, 0.15) is 34.5 Å². The molecular formula is C22H23N3O2. The average Bonchev–Trinajstić information content (AvgIpc) is 3.11. The highest BCUT2D eigenvalue weighted by Gasteiger charge is 2.29. The van der Waals surface area contributed by atoms with Gasteiger partial charge in [0, 0.05) is 31.0 Å². The molecule has 0 bridgehead atoms. The molecule has 138 valence electrons. The minimum atomic E-state index is 0.00534. The third-order valence-corrected chi connectivity index (χ3v) is 5.28. The molecule has 0 aliphatic carbocycles. The van der Waals surface area contributed by atoms with Crippen LogP contribution in [-0.2, 0) is 6.42 Å². The van der Waals surface area contributed by atoms with Gasteiger partial charge in [-0.1, -0.05) is 35.5 Å². The summed E-state index contributed by atoms with van der Waals surface area (Å²) in [6.07, 6.45) is 6.53. The van der Waals surface area contributed by atoms with Crippen molar-refractivity contribution in [2.45, 2.75) is 26.2 Å². The van der Waals surface area contributed by atoms with Crippen molar-refractivity contribution >= 4 is 5.91 Å². The first-order chi connectivity index (χ1) is 13.2. The highest BCUT2D eigenvalue weighted by atomic mass is 16.5. The van der Waals surface area contributed by atoms with E-state index in [0.717, 1.165) is 37.9 Å². The van der Waals surface area contributed by atoms with Crippen LogP contribution in [-0.4, -0.2) is 34.0 Å². The first-order valence-corrected chi connectivity index (χ1v) is 9.42. The second-order valence-electron chi connectivity index (χ2n) is 7.13. The lowest BCUT2D eigenvalue weighted by Gasteiger charge is -2.32. The smallest absolute Gasteiger partial charge is 0.259 e. The number of benzene rings is 1. The van der Waals surface area contributed by atoms with E-state index < -0.39 is 0 Å². The van der Waals surface area contributed by atoms with Gasteiger partial charge in [-0.2, -0.15) is 0 Å². The Hall–Kier alpha value is -2.95. The maximum Gasteiger partial charge on any atom is 0.259 e. The van der Waals surface area contributed by atoms with E-state index in [1.54, 1.807) is 19.3 Å². The predicted octanol–water partition coefficient (Wildman–Crippen LogP) is 4.14. The molecule has 0 radical (unpaired) electrons. The van der Waals surface area contributed by atoms with Crippen molar-refractivity contribution in [1.29, 1.82) is 0 Å². The number of pyridine rings is 1. The van der Waals surface area contributed by atoms with Gasteiger partial charge in [0.1, 0.15) is 17.0 Å². The Morgan fingerprint density at radius 1 is 1.15 bits per heavy atom. The van der Waals surface area contributed by atoms with E-state index in [1.807, 2.05) is 23.1 Å². The molecule has 5 nitrogen and oxygen atoms in total. The minimum Gasteiger partial charge on any atom is -0.360 e. The van der Waals surface area contributed by atoms with Crippen molar-refractivity contribution in [3.05, 3.63) is 71.7 Å². The van der Waals surface area contributed by atoms with E-state index in [-0.39, 0.29) is 5.91 Å². The number of carbonyl (C=O) groups excluding carboxylic acids is 1. The monoisotopic (exact) mass is 361 g/mol. The summed E-state index contributed by atoms with van der Waals surface area (Å²) in [6.45, 7) is 3.34. The lowest BCUT2D eigenvalue weighted by Crippen LogP contribution is -2.39. The molecule has 0 atom stereocenters. The molecule has 0 N–H and O–H groups in total. The lowest BCUT2D eigenvalue weighted by atomic mass is 9.90. The molecule has 3 heterocycles. The highest BCUT2D eigenvalue weighted by molar-refractivity contribution is 6.00. The topological polar surface area (TPSA) is 59.2 Å². The van der Waals surface area contributed by atoms with Crippen LogP contribution < -0.4 is 0 Å². The van der Waals surface area contributed by atoms with Crippen LogP contribution in [0, 0.1) is 12.8 Å². The molecule has 4 rings (SSSR count). The number of likely N-dealkylation sites (tertiary alicyclic amines) is 1. The molecule has 5 heteroatoms. The van der Waals surface area contributed by atoms with Crippen LogP contribution in [0.5, 0.6) is 0 Å². The molecule has 1 fully saturated rings. The van der Waals surface area contributed by atoms with Gasteiger partial charge in [-0.15, -0.1) is 0 Å². The summed E-state index contributed by atoms with van der Waals surface area (Å²) in [5.74, 6) is 1.19. The van der Waals surface area contributed by atoms with Crippen LogP contribution >= 0.6 is 0 Å². The van der Waals surface area contributed by atoms with Gasteiger partial charge in [0.2, 0.25) is 0 Å². The summed E-state index contributed by atoms with van der Waals surface area (Å²) in [7, 11) is 0. The SMILES string of the molecule is Cc1onc(-c2cccnc2)c1C(=O)N1CCC(Cc2ccccc2)CC1. The molecule has 0 unspecified atom stereocenters. The van der Waals surface area contributed by atoms with Crippen molar-refractivity contribution in [2.24, 2.45) is 5.92 Å². The highest BCUT2D eigenvalue weighted by Crippen LogP contribution is 2.28. The van der Waals surface area contributed by atoms with Crippen LogP contribution in [0.4, 0.5) is 0 Å². The molecule has 1 saturated heterocycles. The van der Waals surface area contributed by atoms with Gasteiger partial charge in [0.05, 0.1) is 0 Å². The van der Waals surface area contributed by atoms with Crippen LogP contribution in [0.15, 0.2) is 59.4 Å². The Morgan fingerprint density at radius 2 is 1.93 bits per heavy atom. The quantitative estimate of drug-likeness (QED) is 0.701. The third-order valence-electron chi connectivity index (χ3n) is 5.28. The number of piperidine rings is 1. The maximum absolute atomic E-state index is 13.1. The Morgan fingerprint density at radius 3 is 2.63 bits per heavy atom. The molecule has 27 heavy (non-hydrogen) atoms. The zero-order chi connectivity index (χ0) is 18.6. The van der Waals surface area contributed by atoms with E-state index in [1.165, 1.54) is 5.56 Å². The van der Waals surface area contributed by atoms with Gasteiger partial charge >= 0.3 is 0 Å². The van der Waals surface area contributed by atoms with Crippen molar-refractivity contribution < 1.29 is 9.32 Å². The van der Waals surface area contributed by atoms with Gasteiger partial charge in [-0.05, 0) is 49.8 Å². The molecular weight excluding hydrogens is 338 g/mol. The number of rotatable bonds is 4. The number of carbonyl (C=O) groups is 1. The van der Waals surface area contributed by atoms with Crippen molar-refractivity contribution in [3.8, 4) is 11.3 Å². The summed E-state index contributed by atoms with van der Waals surface area (Å²) in [6, 6.07) is 14.3. The first-order valence-electron chi connectivity index (χ1n) is 9.42. The molecule has 1 aromatic carbocycles. The lowest BCUT2D eigenvalue weighted by molar-refractivity contribution is 0.0689. The van der Waals surface area contributed by atoms with Crippen molar-refractivity contribution in [2.75, 3.05) is 13.1 Å². The van der Waals surface area contributed by atoms with Gasteiger partial charge in [-0.3, -0.25) is 9.78 Å². The molecule has 2 aromatic heterocycles.